The first-order valence-corrected chi connectivity index (χ1v) is 6.90. The Hall–Kier alpha value is -0.910. The third-order valence-electron chi connectivity index (χ3n) is 2.15. The molecule has 0 saturated heterocycles. The van der Waals surface area contributed by atoms with Crippen molar-refractivity contribution in [1.29, 1.82) is 0 Å². The number of anilines is 1. The van der Waals surface area contributed by atoms with Crippen LogP contribution in [-0.2, 0) is 0 Å². The van der Waals surface area contributed by atoms with Crippen LogP contribution in [0.2, 0.25) is 5.02 Å². The van der Waals surface area contributed by atoms with Crippen molar-refractivity contribution in [2.45, 2.75) is 0 Å². The maximum atomic E-state index is 11.9. The Kier molecular flexibility index (Phi) is 4.37. The van der Waals surface area contributed by atoms with E-state index in [-0.39, 0.29) is 5.91 Å². The van der Waals surface area contributed by atoms with Crippen LogP contribution in [0, 0.1) is 0 Å². The van der Waals surface area contributed by atoms with E-state index in [4.69, 9.17) is 11.6 Å². The Morgan fingerprint density at radius 2 is 2.00 bits per heavy atom. The number of carbonyl (C=O) groups is 1. The predicted molar refractivity (Wildman–Crippen MR) is 79.0 cm³/mol. The van der Waals surface area contributed by atoms with E-state index in [1.54, 1.807) is 36.5 Å². The van der Waals surface area contributed by atoms with Crippen molar-refractivity contribution in [3.05, 3.63) is 56.1 Å². The molecule has 18 heavy (non-hydrogen) atoms. The van der Waals surface area contributed by atoms with E-state index in [0.717, 1.165) is 8.95 Å². The van der Waals surface area contributed by atoms with Gasteiger partial charge >= 0.3 is 0 Å². The summed E-state index contributed by atoms with van der Waals surface area (Å²) < 4.78 is 1.60. The van der Waals surface area contributed by atoms with Crippen LogP contribution in [0.1, 0.15) is 10.4 Å². The van der Waals surface area contributed by atoms with E-state index in [1.807, 2.05) is 0 Å². The van der Waals surface area contributed by atoms with Crippen LogP contribution in [0.4, 0.5) is 5.82 Å². The molecule has 0 unspecified atom stereocenters. The molecule has 92 valence electrons. The van der Waals surface area contributed by atoms with Crippen molar-refractivity contribution >= 4 is 55.2 Å². The molecular weight excluding hydrogens is 383 g/mol. The van der Waals surface area contributed by atoms with Crippen molar-refractivity contribution in [3.8, 4) is 0 Å². The summed E-state index contributed by atoms with van der Waals surface area (Å²) in [6, 6.07) is 8.51. The average Bonchev–Trinajstić information content (AvgIpc) is 2.32. The van der Waals surface area contributed by atoms with Crippen molar-refractivity contribution in [2.24, 2.45) is 0 Å². The number of benzene rings is 1. The maximum Gasteiger partial charge on any atom is 0.256 e. The highest BCUT2D eigenvalue weighted by Gasteiger charge is 2.08. The molecular formula is C12H7Br2ClN2O. The van der Waals surface area contributed by atoms with Gasteiger partial charge in [-0.25, -0.2) is 4.98 Å². The van der Waals surface area contributed by atoms with Crippen LogP contribution in [-0.4, -0.2) is 10.9 Å². The van der Waals surface area contributed by atoms with Crippen LogP contribution in [0.3, 0.4) is 0 Å². The number of nitrogens with one attached hydrogen (secondary N) is 1. The number of rotatable bonds is 2. The molecule has 0 saturated carbocycles. The van der Waals surface area contributed by atoms with Crippen LogP contribution in [0.5, 0.6) is 0 Å². The minimum absolute atomic E-state index is 0.255. The Morgan fingerprint density at radius 3 is 2.67 bits per heavy atom. The summed E-state index contributed by atoms with van der Waals surface area (Å²) in [7, 11) is 0. The maximum absolute atomic E-state index is 11.9. The third kappa shape index (κ3) is 3.31. The normalized spacial score (nSPS) is 10.2. The summed E-state index contributed by atoms with van der Waals surface area (Å²) in [6.45, 7) is 0. The Labute approximate surface area is 126 Å². The molecule has 6 heteroatoms. The Morgan fingerprint density at radius 1 is 1.22 bits per heavy atom. The average molecular weight is 390 g/mol. The van der Waals surface area contributed by atoms with Gasteiger partial charge in [-0.3, -0.25) is 4.79 Å². The second-order valence-corrected chi connectivity index (χ2v) is 5.62. The molecule has 2 rings (SSSR count). The molecule has 1 heterocycles. The number of hydrogen-bond acceptors (Lipinski definition) is 2. The topological polar surface area (TPSA) is 42.0 Å². The fourth-order valence-corrected chi connectivity index (χ4v) is 2.06. The Balaban J connectivity index is 2.19. The van der Waals surface area contributed by atoms with E-state index in [0.29, 0.717) is 16.4 Å². The standard InChI is InChI=1S/C12H7Br2ClN2O/c13-8-3-4-16-11(6-8)17-12(18)7-1-2-9(14)10(15)5-7/h1-6H,(H,16,17,18). The van der Waals surface area contributed by atoms with Gasteiger partial charge in [0, 0.05) is 20.7 Å². The molecule has 0 fully saturated rings. The Bertz CT molecular complexity index is 604. The minimum Gasteiger partial charge on any atom is -0.307 e. The van der Waals surface area contributed by atoms with E-state index >= 15 is 0 Å². The number of pyridine rings is 1. The molecule has 1 amide bonds. The third-order valence-corrected chi connectivity index (χ3v) is 3.87. The van der Waals surface area contributed by atoms with Gasteiger partial charge in [0.2, 0.25) is 0 Å². The molecule has 0 atom stereocenters. The summed E-state index contributed by atoms with van der Waals surface area (Å²) in [5.41, 5.74) is 0.477. The zero-order valence-corrected chi connectivity index (χ0v) is 12.9. The second-order valence-electron chi connectivity index (χ2n) is 3.44. The van der Waals surface area contributed by atoms with E-state index in [2.05, 4.69) is 42.2 Å². The highest BCUT2D eigenvalue weighted by Crippen LogP contribution is 2.23. The minimum atomic E-state index is -0.255. The molecule has 0 bridgehead atoms. The van der Waals surface area contributed by atoms with Crippen LogP contribution in [0.25, 0.3) is 0 Å². The lowest BCUT2D eigenvalue weighted by Crippen LogP contribution is -2.12. The van der Waals surface area contributed by atoms with Gasteiger partial charge in [0.05, 0.1) is 5.02 Å². The van der Waals surface area contributed by atoms with Crippen molar-refractivity contribution in [3.63, 3.8) is 0 Å². The lowest BCUT2D eigenvalue weighted by atomic mass is 10.2. The largest absolute Gasteiger partial charge is 0.307 e. The lowest BCUT2D eigenvalue weighted by Gasteiger charge is -2.05. The molecule has 0 spiro atoms. The molecule has 0 radical (unpaired) electrons. The van der Waals surface area contributed by atoms with Gasteiger partial charge < -0.3 is 5.32 Å². The number of aromatic nitrogens is 1. The molecule has 2 aromatic rings. The van der Waals surface area contributed by atoms with Gasteiger partial charge in [-0.1, -0.05) is 27.5 Å². The zero-order chi connectivity index (χ0) is 13.1. The first-order chi connectivity index (χ1) is 8.56. The van der Waals surface area contributed by atoms with Gasteiger partial charge in [0.25, 0.3) is 5.91 Å². The number of carbonyl (C=O) groups excluding carboxylic acids is 1. The SMILES string of the molecule is O=C(Nc1cc(Br)ccn1)c1ccc(Br)c(Cl)c1. The summed E-state index contributed by atoms with van der Waals surface area (Å²) in [4.78, 5) is 16.0. The van der Waals surface area contributed by atoms with Gasteiger partial charge in [-0.15, -0.1) is 0 Å². The van der Waals surface area contributed by atoms with Gasteiger partial charge in [0.1, 0.15) is 5.82 Å². The second kappa shape index (κ2) is 5.82. The molecule has 0 aliphatic carbocycles. The number of halogens is 3. The molecule has 3 nitrogen and oxygen atoms in total. The van der Waals surface area contributed by atoms with Gasteiger partial charge in [-0.2, -0.15) is 0 Å². The molecule has 0 aliphatic heterocycles. The number of nitrogens with zero attached hydrogens (tertiary/aromatic N) is 1. The van der Waals surface area contributed by atoms with Gasteiger partial charge in [0.15, 0.2) is 0 Å². The highest BCUT2D eigenvalue weighted by atomic mass is 79.9. The highest BCUT2D eigenvalue weighted by molar-refractivity contribution is 9.10. The van der Waals surface area contributed by atoms with Crippen LogP contribution >= 0.6 is 43.5 Å². The first kappa shape index (κ1) is 13.5. The zero-order valence-electron chi connectivity index (χ0n) is 8.95. The van der Waals surface area contributed by atoms with Gasteiger partial charge in [-0.05, 0) is 46.3 Å². The van der Waals surface area contributed by atoms with E-state index in [1.165, 1.54) is 0 Å². The summed E-state index contributed by atoms with van der Waals surface area (Å²) in [5, 5.41) is 3.18. The van der Waals surface area contributed by atoms with Crippen LogP contribution in [0.15, 0.2) is 45.5 Å². The molecule has 1 aromatic carbocycles. The van der Waals surface area contributed by atoms with Crippen molar-refractivity contribution in [2.75, 3.05) is 5.32 Å². The predicted octanol–water partition coefficient (Wildman–Crippen LogP) is 4.51. The van der Waals surface area contributed by atoms with E-state index in [9.17, 15) is 4.79 Å². The van der Waals surface area contributed by atoms with Crippen molar-refractivity contribution < 1.29 is 4.79 Å². The lowest BCUT2D eigenvalue weighted by molar-refractivity contribution is 0.102. The molecule has 1 aromatic heterocycles. The quantitative estimate of drug-likeness (QED) is 0.820. The summed E-state index contributed by atoms with van der Waals surface area (Å²) in [5.74, 6) is 0.225. The monoisotopic (exact) mass is 388 g/mol. The fourth-order valence-electron chi connectivity index (χ4n) is 1.30. The van der Waals surface area contributed by atoms with Crippen LogP contribution < -0.4 is 5.32 Å². The van der Waals surface area contributed by atoms with E-state index < -0.39 is 0 Å². The summed E-state index contributed by atoms with van der Waals surface area (Å²) >= 11 is 12.5. The number of amides is 1. The fraction of sp³-hybridized carbons (Fsp3) is 0. The smallest absolute Gasteiger partial charge is 0.256 e. The molecule has 0 aliphatic rings. The molecule has 1 N–H and O–H groups in total. The van der Waals surface area contributed by atoms with Crippen molar-refractivity contribution in [1.82, 2.24) is 4.98 Å². The first-order valence-electron chi connectivity index (χ1n) is 4.94. The number of hydrogen-bond donors (Lipinski definition) is 1. The summed E-state index contributed by atoms with van der Waals surface area (Å²) in [6.07, 6.45) is 1.61.